The fraction of sp³-hybridized carbons (Fsp3) is 0.900. The van der Waals surface area contributed by atoms with Crippen LogP contribution in [-0.2, 0) is 9.53 Å². The molecule has 1 saturated heterocycles. The van der Waals surface area contributed by atoms with Gasteiger partial charge in [0.1, 0.15) is 11.5 Å². The molecule has 0 bridgehead atoms. The van der Waals surface area contributed by atoms with Crippen LogP contribution in [0.3, 0.4) is 0 Å². The van der Waals surface area contributed by atoms with Crippen LogP contribution >= 0.6 is 0 Å². The van der Waals surface area contributed by atoms with Gasteiger partial charge in [-0.1, -0.05) is 53.2 Å². The molecule has 1 heterocycles. The minimum absolute atomic E-state index is 0.0357. The van der Waals surface area contributed by atoms with Crippen molar-refractivity contribution in [3.05, 3.63) is 11.6 Å². The Morgan fingerprint density at radius 3 is 2.26 bits per heavy atom. The van der Waals surface area contributed by atoms with Crippen molar-refractivity contribution < 1.29 is 19.7 Å². The van der Waals surface area contributed by atoms with Gasteiger partial charge >= 0.3 is 5.97 Å². The Morgan fingerprint density at radius 1 is 0.882 bits per heavy atom. The average molecular weight is 471 g/mol. The molecule has 0 amide bonds. The molecule has 11 atom stereocenters. The highest BCUT2D eigenvalue weighted by atomic mass is 16.6. The number of hydrogen-bond acceptors (Lipinski definition) is 4. The zero-order valence-corrected chi connectivity index (χ0v) is 22.4. The lowest BCUT2D eigenvalue weighted by molar-refractivity contribution is -0.266. The molecule has 5 fully saturated rings. The number of carbonyl (C=O) groups excluding carboxylic acids is 1. The minimum Gasteiger partial charge on any atom is -0.458 e. The van der Waals surface area contributed by atoms with Gasteiger partial charge in [0.25, 0.3) is 0 Å². The summed E-state index contributed by atoms with van der Waals surface area (Å²) in [7, 11) is 0. The highest BCUT2D eigenvalue weighted by Crippen LogP contribution is 2.76. The van der Waals surface area contributed by atoms with Crippen molar-refractivity contribution in [2.75, 3.05) is 0 Å². The molecule has 5 aliphatic carbocycles. The van der Waals surface area contributed by atoms with Gasteiger partial charge in [0.15, 0.2) is 0 Å². The van der Waals surface area contributed by atoms with Crippen molar-refractivity contribution >= 4 is 5.97 Å². The summed E-state index contributed by atoms with van der Waals surface area (Å²) in [4.78, 5) is 12.6. The fourth-order valence-electron chi connectivity index (χ4n) is 11.1. The van der Waals surface area contributed by atoms with Crippen molar-refractivity contribution in [3.63, 3.8) is 0 Å². The Balaban J connectivity index is 1.43. The van der Waals surface area contributed by atoms with Crippen molar-refractivity contribution in [2.24, 2.45) is 50.2 Å². The summed E-state index contributed by atoms with van der Waals surface area (Å²) in [6.45, 7) is 16.5. The van der Waals surface area contributed by atoms with Crippen LogP contribution in [0.15, 0.2) is 11.6 Å². The smallest absolute Gasteiger partial charge is 0.316 e. The molecule has 0 spiro atoms. The average Bonchev–Trinajstić information content (AvgIpc) is 2.76. The van der Waals surface area contributed by atoms with Crippen LogP contribution < -0.4 is 0 Å². The maximum Gasteiger partial charge on any atom is 0.316 e. The van der Waals surface area contributed by atoms with E-state index in [-0.39, 0.29) is 51.2 Å². The number of rotatable bonds is 0. The third kappa shape index (κ3) is 2.37. The van der Waals surface area contributed by atoms with Gasteiger partial charge in [0.05, 0.1) is 12.2 Å². The van der Waals surface area contributed by atoms with E-state index in [4.69, 9.17) is 4.74 Å². The Bertz CT molecular complexity index is 969. The highest BCUT2D eigenvalue weighted by molar-refractivity contribution is 5.83. The summed E-state index contributed by atoms with van der Waals surface area (Å²) in [5.74, 6) is 1.27. The summed E-state index contributed by atoms with van der Waals surface area (Å²) < 4.78 is 5.51. The topological polar surface area (TPSA) is 66.8 Å². The van der Waals surface area contributed by atoms with E-state index in [1.165, 1.54) is 18.4 Å². The molecule has 6 rings (SSSR count). The molecule has 0 aromatic rings. The van der Waals surface area contributed by atoms with Crippen LogP contribution in [0, 0.1) is 50.2 Å². The predicted octanol–water partition coefficient (Wildman–Crippen LogP) is 5.66. The molecule has 4 saturated carbocycles. The fourth-order valence-corrected chi connectivity index (χ4v) is 11.1. The van der Waals surface area contributed by atoms with Gasteiger partial charge in [-0.25, -0.2) is 0 Å². The van der Waals surface area contributed by atoms with Crippen LogP contribution in [-0.4, -0.2) is 34.5 Å². The SMILES string of the molecule is CC1(C)[C@H]2CC[C@@]3(C)[C@H](CC=C4[C@H]5C[C@@]6(C)C(=O)O[C@@H]6[C@H](O)[C@@]5(C)CC[C@@]43C)[C@@]2(C)CC[C@@H]1O. The Labute approximate surface area is 205 Å². The molecule has 4 nitrogen and oxygen atoms in total. The largest absolute Gasteiger partial charge is 0.458 e. The van der Waals surface area contributed by atoms with Gasteiger partial charge < -0.3 is 14.9 Å². The van der Waals surface area contributed by atoms with Crippen LogP contribution in [0.1, 0.15) is 99.8 Å². The van der Waals surface area contributed by atoms with Gasteiger partial charge in [-0.15, -0.1) is 0 Å². The van der Waals surface area contributed by atoms with Gasteiger partial charge in [-0.3, -0.25) is 4.79 Å². The summed E-state index contributed by atoms with van der Waals surface area (Å²) >= 11 is 0. The molecule has 0 aromatic heterocycles. The van der Waals surface area contributed by atoms with E-state index in [9.17, 15) is 15.0 Å². The first kappa shape index (κ1) is 23.5. The van der Waals surface area contributed by atoms with E-state index in [0.717, 1.165) is 38.5 Å². The number of aliphatic hydroxyl groups is 2. The third-order valence-electron chi connectivity index (χ3n) is 13.8. The predicted molar refractivity (Wildman–Crippen MR) is 132 cm³/mol. The molecular weight excluding hydrogens is 424 g/mol. The Hall–Kier alpha value is -0.870. The molecule has 0 radical (unpaired) electrons. The zero-order valence-electron chi connectivity index (χ0n) is 22.4. The van der Waals surface area contributed by atoms with Crippen LogP contribution in [0.25, 0.3) is 0 Å². The highest BCUT2D eigenvalue weighted by Gasteiger charge is 2.72. The van der Waals surface area contributed by atoms with Crippen LogP contribution in [0.4, 0.5) is 0 Å². The van der Waals surface area contributed by atoms with E-state index in [1.54, 1.807) is 0 Å². The second-order valence-corrected chi connectivity index (χ2v) is 15.1. The standard InChI is InChI=1S/C30H46O4/c1-25(2)19-10-13-30(7)20(27(19,4)12-11-21(25)31)9-8-17-18-16-28(5)23(34-24(28)33)22(32)26(18,3)14-15-29(17,30)6/h8,18-23,31-32H,9-16H2,1-7H3/t18-,19-,20-,21+,22+,23-,26+,27+,28-,29+,30+/m1/s1. The summed E-state index contributed by atoms with van der Waals surface area (Å²) in [5, 5.41) is 22.4. The second kappa shape index (κ2) is 6.52. The van der Waals surface area contributed by atoms with E-state index >= 15 is 0 Å². The third-order valence-corrected chi connectivity index (χ3v) is 13.8. The van der Waals surface area contributed by atoms with Crippen molar-refractivity contribution in [3.8, 4) is 0 Å². The van der Waals surface area contributed by atoms with Gasteiger partial charge in [0, 0.05) is 5.41 Å². The normalized spacial score (nSPS) is 59.7. The number of fused-ring (bicyclic) bond motifs is 8. The van der Waals surface area contributed by atoms with Crippen molar-refractivity contribution in [1.82, 2.24) is 0 Å². The maximum atomic E-state index is 12.6. The first-order chi connectivity index (χ1) is 15.7. The molecule has 34 heavy (non-hydrogen) atoms. The molecule has 6 aliphatic rings. The summed E-state index contributed by atoms with van der Waals surface area (Å²) in [5.41, 5.74) is 1.26. The summed E-state index contributed by atoms with van der Waals surface area (Å²) in [6.07, 6.45) is 9.85. The second-order valence-electron chi connectivity index (χ2n) is 15.1. The van der Waals surface area contributed by atoms with E-state index < -0.39 is 11.5 Å². The lowest BCUT2D eigenvalue weighted by Crippen LogP contribution is -2.71. The van der Waals surface area contributed by atoms with Crippen molar-refractivity contribution in [1.29, 1.82) is 0 Å². The number of aliphatic hydroxyl groups excluding tert-OH is 2. The molecule has 0 unspecified atom stereocenters. The Morgan fingerprint density at radius 2 is 1.59 bits per heavy atom. The summed E-state index contributed by atoms with van der Waals surface area (Å²) in [6, 6.07) is 0. The quantitative estimate of drug-likeness (QED) is 0.354. The van der Waals surface area contributed by atoms with Crippen LogP contribution in [0.5, 0.6) is 0 Å². The minimum atomic E-state index is -0.584. The molecule has 1 aliphatic heterocycles. The molecule has 4 heteroatoms. The van der Waals surface area contributed by atoms with E-state index in [2.05, 4.69) is 47.6 Å². The monoisotopic (exact) mass is 470 g/mol. The molecule has 0 aromatic carbocycles. The lowest BCUT2D eigenvalue weighted by Gasteiger charge is -2.72. The van der Waals surface area contributed by atoms with Crippen molar-refractivity contribution in [2.45, 2.75) is 118 Å². The first-order valence-corrected chi connectivity index (χ1v) is 13.9. The number of carbonyl (C=O) groups is 1. The molecule has 190 valence electrons. The zero-order chi connectivity index (χ0) is 24.7. The van der Waals surface area contributed by atoms with E-state index in [0.29, 0.717) is 11.8 Å². The number of hydrogen-bond donors (Lipinski definition) is 2. The molecule has 2 N–H and O–H groups in total. The maximum absolute atomic E-state index is 12.6. The van der Waals surface area contributed by atoms with Gasteiger partial charge in [0.2, 0.25) is 0 Å². The number of allylic oxidation sites excluding steroid dienone is 2. The van der Waals surface area contributed by atoms with Gasteiger partial charge in [-0.05, 0) is 97.7 Å². The number of esters is 1. The lowest BCUT2D eigenvalue weighted by atomic mass is 9.33. The van der Waals surface area contributed by atoms with Crippen LogP contribution in [0.2, 0.25) is 0 Å². The number of ether oxygens (including phenoxy) is 1. The van der Waals surface area contributed by atoms with Gasteiger partial charge in [-0.2, -0.15) is 0 Å². The molecular formula is C30H46O4. The first-order valence-electron chi connectivity index (χ1n) is 13.9. The Kier molecular flexibility index (Phi) is 4.51. The van der Waals surface area contributed by atoms with E-state index in [1.807, 2.05) is 6.92 Å².